The van der Waals surface area contributed by atoms with Gasteiger partial charge in [-0.3, -0.25) is 9.59 Å². The lowest BCUT2D eigenvalue weighted by molar-refractivity contribution is -0.138. The number of halogens is 1. The summed E-state index contributed by atoms with van der Waals surface area (Å²) in [6.45, 7) is 7.41. The van der Waals surface area contributed by atoms with Crippen molar-refractivity contribution in [3.8, 4) is 0 Å². The van der Waals surface area contributed by atoms with Crippen LogP contribution in [0.3, 0.4) is 0 Å². The Hall–Kier alpha value is -2.33. The molecule has 2 aromatic rings. The molecule has 2 aromatic carbocycles. The minimum absolute atomic E-state index is 0. The highest BCUT2D eigenvalue weighted by molar-refractivity contribution is 6.30. The van der Waals surface area contributed by atoms with Crippen molar-refractivity contribution < 1.29 is 9.59 Å². The maximum atomic E-state index is 13.2. The van der Waals surface area contributed by atoms with Crippen molar-refractivity contribution in [1.82, 2.24) is 10.2 Å². The van der Waals surface area contributed by atoms with Crippen LogP contribution < -0.4 is 5.32 Å². The van der Waals surface area contributed by atoms with Gasteiger partial charge in [-0.1, -0.05) is 74.8 Å². The second-order valence-electron chi connectivity index (χ2n) is 8.60. The van der Waals surface area contributed by atoms with Gasteiger partial charge in [-0.15, -0.1) is 0 Å². The normalized spacial score (nSPS) is 15.3. The van der Waals surface area contributed by atoms with E-state index in [0.717, 1.165) is 29.0 Å². The fourth-order valence-electron chi connectivity index (χ4n) is 3.99. The van der Waals surface area contributed by atoms with E-state index in [9.17, 15) is 9.59 Å². The largest absolute Gasteiger partial charge is 0.344 e. The van der Waals surface area contributed by atoms with E-state index in [1.807, 2.05) is 62.1 Å². The maximum absolute atomic E-state index is 13.2. The number of hydrogen-bond donors (Lipinski definition) is 1. The molecule has 0 radical (unpaired) electrons. The number of nitrogens with one attached hydrogen (secondary N) is 1. The van der Waals surface area contributed by atoms with Crippen molar-refractivity contribution in [1.29, 1.82) is 0 Å². The molecule has 1 atom stereocenters. The number of carbonyl (C=O) groups excluding carboxylic acids is 2. The summed E-state index contributed by atoms with van der Waals surface area (Å²) in [5.74, 6) is 0.396. The van der Waals surface area contributed by atoms with Gasteiger partial charge in [0.25, 0.3) is 0 Å². The Kier molecular flexibility index (Phi) is 9.12. The van der Waals surface area contributed by atoms with Crippen molar-refractivity contribution in [2.24, 2.45) is 5.92 Å². The molecular formula is C26H35ClN2O2. The third-order valence-electron chi connectivity index (χ3n) is 5.88. The Bertz CT molecular complexity index is 854. The number of rotatable bonds is 6. The molecule has 2 amide bonds. The first-order valence-corrected chi connectivity index (χ1v) is 11.1. The van der Waals surface area contributed by atoms with Crippen LogP contribution in [-0.4, -0.2) is 35.8 Å². The van der Waals surface area contributed by atoms with Crippen LogP contribution in [0.4, 0.5) is 0 Å². The first kappa shape index (κ1) is 24.9. The Labute approximate surface area is 192 Å². The van der Waals surface area contributed by atoms with Gasteiger partial charge in [-0.25, -0.2) is 0 Å². The average molecular weight is 443 g/mol. The summed E-state index contributed by atoms with van der Waals surface area (Å²) < 4.78 is 0. The van der Waals surface area contributed by atoms with Crippen LogP contribution in [0, 0.1) is 12.8 Å². The first-order chi connectivity index (χ1) is 14.3. The number of benzene rings is 2. The van der Waals surface area contributed by atoms with Crippen molar-refractivity contribution in [3.63, 3.8) is 0 Å². The fraction of sp³-hybridized carbons (Fsp3) is 0.462. The Balaban J connectivity index is 0.00000341. The minimum atomic E-state index is -0.491. The highest BCUT2D eigenvalue weighted by Gasteiger charge is 2.31. The summed E-state index contributed by atoms with van der Waals surface area (Å²) in [6.07, 6.45) is 2.14. The molecule has 1 aliphatic rings. The van der Waals surface area contributed by atoms with Crippen molar-refractivity contribution in [2.75, 3.05) is 13.1 Å². The molecule has 0 aliphatic carbocycles. The second-order valence-corrected chi connectivity index (χ2v) is 9.04. The topological polar surface area (TPSA) is 49.4 Å². The second kappa shape index (κ2) is 11.3. The molecule has 1 heterocycles. The lowest BCUT2D eigenvalue weighted by Crippen LogP contribution is -2.53. The molecule has 0 saturated carbocycles. The van der Waals surface area contributed by atoms with Crippen LogP contribution in [-0.2, 0) is 16.0 Å². The van der Waals surface area contributed by atoms with Gasteiger partial charge < -0.3 is 10.2 Å². The standard InChI is InChI=1S/C25H31ClN2O2.CH4/c1-17(2)24(27-23(29)16-19-6-4-18(3)5-7-19)25(30)28-14-12-21(13-15-28)20-8-10-22(26)11-9-20;/h4-11,17,21,24H,12-16H2,1-3H3,(H,27,29);1H4/t24-;/m1./s1. The zero-order valence-corrected chi connectivity index (χ0v) is 18.8. The van der Waals surface area contributed by atoms with Gasteiger partial charge in [-0.2, -0.15) is 0 Å². The summed E-state index contributed by atoms with van der Waals surface area (Å²) in [7, 11) is 0. The molecule has 168 valence electrons. The molecule has 1 fully saturated rings. The number of likely N-dealkylation sites (tertiary alicyclic amines) is 1. The van der Waals surface area contributed by atoms with Gasteiger partial charge in [0, 0.05) is 18.1 Å². The molecular weight excluding hydrogens is 408 g/mol. The quantitative estimate of drug-likeness (QED) is 0.653. The lowest BCUT2D eigenvalue weighted by atomic mass is 9.89. The average Bonchev–Trinajstić information content (AvgIpc) is 2.74. The minimum Gasteiger partial charge on any atom is -0.344 e. The number of piperidine rings is 1. The lowest BCUT2D eigenvalue weighted by Gasteiger charge is -2.35. The van der Waals surface area contributed by atoms with Gasteiger partial charge in [0.2, 0.25) is 11.8 Å². The molecule has 0 aromatic heterocycles. The Morgan fingerprint density at radius 1 is 1.03 bits per heavy atom. The molecule has 1 aliphatic heterocycles. The SMILES string of the molecule is C.Cc1ccc(CC(=O)N[C@@H](C(=O)N2CCC(c3ccc(Cl)cc3)CC2)C(C)C)cc1. The highest BCUT2D eigenvalue weighted by atomic mass is 35.5. The number of carbonyl (C=O) groups is 2. The van der Waals surface area contributed by atoms with E-state index in [1.165, 1.54) is 5.56 Å². The summed E-state index contributed by atoms with van der Waals surface area (Å²) in [4.78, 5) is 27.6. The maximum Gasteiger partial charge on any atom is 0.245 e. The van der Waals surface area contributed by atoms with Gasteiger partial charge in [0.15, 0.2) is 0 Å². The van der Waals surface area contributed by atoms with Crippen molar-refractivity contribution in [3.05, 3.63) is 70.2 Å². The summed E-state index contributed by atoms with van der Waals surface area (Å²) >= 11 is 5.99. The predicted octanol–water partition coefficient (Wildman–Crippen LogP) is 5.37. The molecule has 1 saturated heterocycles. The molecule has 0 bridgehead atoms. The van der Waals surface area contributed by atoms with Crippen LogP contribution in [0.15, 0.2) is 48.5 Å². The van der Waals surface area contributed by atoms with Crippen LogP contribution in [0.2, 0.25) is 5.02 Å². The van der Waals surface area contributed by atoms with E-state index >= 15 is 0 Å². The summed E-state index contributed by atoms with van der Waals surface area (Å²) in [5.41, 5.74) is 3.39. The third kappa shape index (κ3) is 6.83. The van der Waals surface area contributed by atoms with Gasteiger partial charge >= 0.3 is 0 Å². The van der Waals surface area contributed by atoms with E-state index in [4.69, 9.17) is 11.6 Å². The number of aryl methyl sites for hydroxylation is 1. The molecule has 0 spiro atoms. The van der Waals surface area contributed by atoms with E-state index in [0.29, 0.717) is 19.0 Å². The monoisotopic (exact) mass is 442 g/mol. The van der Waals surface area contributed by atoms with Crippen molar-refractivity contribution >= 4 is 23.4 Å². The van der Waals surface area contributed by atoms with E-state index in [-0.39, 0.29) is 31.6 Å². The molecule has 31 heavy (non-hydrogen) atoms. The smallest absolute Gasteiger partial charge is 0.245 e. The molecule has 0 unspecified atom stereocenters. The number of nitrogens with zero attached hydrogens (tertiary/aromatic N) is 1. The Morgan fingerprint density at radius 3 is 2.16 bits per heavy atom. The van der Waals surface area contributed by atoms with Gasteiger partial charge in [0.1, 0.15) is 6.04 Å². The van der Waals surface area contributed by atoms with Gasteiger partial charge in [0.05, 0.1) is 6.42 Å². The Morgan fingerprint density at radius 2 is 1.61 bits per heavy atom. The highest BCUT2D eigenvalue weighted by Crippen LogP contribution is 2.29. The van der Waals surface area contributed by atoms with E-state index < -0.39 is 6.04 Å². The molecule has 5 heteroatoms. The van der Waals surface area contributed by atoms with Crippen LogP contribution in [0.5, 0.6) is 0 Å². The third-order valence-corrected chi connectivity index (χ3v) is 6.13. The van der Waals surface area contributed by atoms with Gasteiger partial charge in [-0.05, 0) is 54.9 Å². The summed E-state index contributed by atoms with van der Waals surface area (Å²) in [5, 5.41) is 3.72. The van der Waals surface area contributed by atoms with E-state index in [1.54, 1.807) is 0 Å². The number of hydrogen-bond acceptors (Lipinski definition) is 2. The predicted molar refractivity (Wildman–Crippen MR) is 128 cm³/mol. The van der Waals surface area contributed by atoms with E-state index in [2.05, 4.69) is 17.4 Å². The summed E-state index contributed by atoms with van der Waals surface area (Å²) in [6, 6.07) is 15.4. The van der Waals surface area contributed by atoms with Crippen LogP contribution >= 0.6 is 11.6 Å². The molecule has 3 rings (SSSR count). The molecule has 4 nitrogen and oxygen atoms in total. The number of amides is 2. The first-order valence-electron chi connectivity index (χ1n) is 10.7. The zero-order chi connectivity index (χ0) is 21.7. The van der Waals surface area contributed by atoms with Crippen LogP contribution in [0.1, 0.15) is 56.7 Å². The molecule has 1 N–H and O–H groups in total. The zero-order valence-electron chi connectivity index (χ0n) is 18.0. The van der Waals surface area contributed by atoms with Crippen molar-refractivity contribution in [2.45, 2.75) is 59.4 Å². The van der Waals surface area contributed by atoms with Crippen LogP contribution in [0.25, 0.3) is 0 Å². The fourth-order valence-corrected chi connectivity index (χ4v) is 4.12.